The number of hydrogen-bond donors (Lipinski definition) is 2. The van der Waals surface area contributed by atoms with Gasteiger partial charge in [0.05, 0.1) is 17.4 Å². The van der Waals surface area contributed by atoms with E-state index in [0.717, 1.165) is 30.4 Å². The maximum absolute atomic E-state index is 14.1. The SMILES string of the molecule is Cc1ccc(C(=O)Nc2ccc(CN3CCN(C)CC3)c(C(F)(F)F)c2)cc1-n1cc(-c2cnc(Nc3ccccc3)nc2)nn1. The normalized spacial score (nSPS) is 14.3. The number of aromatic nitrogens is 5. The second kappa shape index (κ2) is 13.1. The summed E-state index contributed by atoms with van der Waals surface area (Å²) in [6.07, 6.45) is 0.403. The average molecular weight is 628 g/mol. The van der Waals surface area contributed by atoms with E-state index in [0.29, 0.717) is 36.0 Å². The largest absolute Gasteiger partial charge is 0.416 e. The number of amides is 1. The van der Waals surface area contributed by atoms with Crippen LogP contribution in [0.1, 0.15) is 27.0 Å². The topological polar surface area (TPSA) is 104 Å². The van der Waals surface area contributed by atoms with Crippen molar-refractivity contribution in [3.63, 3.8) is 0 Å². The molecule has 10 nitrogen and oxygen atoms in total. The number of carbonyl (C=O) groups excluding carboxylic acids is 1. The molecule has 0 unspecified atom stereocenters. The lowest BCUT2D eigenvalue weighted by Gasteiger charge is -2.33. The maximum Gasteiger partial charge on any atom is 0.416 e. The van der Waals surface area contributed by atoms with Gasteiger partial charge in [-0.05, 0) is 61.5 Å². The molecule has 13 heteroatoms. The Bertz CT molecular complexity index is 1820. The van der Waals surface area contributed by atoms with E-state index in [9.17, 15) is 18.0 Å². The van der Waals surface area contributed by atoms with E-state index in [2.05, 4.69) is 35.8 Å². The lowest BCUT2D eigenvalue weighted by molar-refractivity contribution is -0.138. The molecule has 3 heterocycles. The summed E-state index contributed by atoms with van der Waals surface area (Å²) in [7, 11) is 2.00. The number of rotatable bonds is 8. The number of anilines is 3. The standard InChI is InChI=1S/C33H32F3N9O/c1-22-8-9-23(31(46)39-27-11-10-24(28(17-27)33(34,35)36)20-44-14-12-43(2)13-15-44)16-30(22)45-21-29(41-42-45)25-18-37-32(38-19-25)40-26-6-4-3-5-7-26/h3-11,16-19,21H,12-15,20H2,1-2H3,(H,39,46)(H,37,38,40). The molecule has 0 aliphatic carbocycles. The van der Waals surface area contributed by atoms with E-state index in [1.165, 1.54) is 16.8 Å². The van der Waals surface area contributed by atoms with Crippen LogP contribution in [0.5, 0.6) is 0 Å². The molecule has 1 aliphatic rings. The highest BCUT2D eigenvalue weighted by Crippen LogP contribution is 2.35. The predicted octanol–water partition coefficient (Wildman–Crippen LogP) is 5.79. The lowest BCUT2D eigenvalue weighted by Crippen LogP contribution is -2.44. The third-order valence-corrected chi connectivity index (χ3v) is 7.85. The van der Waals surface area contributed by atoms with Crippen LogP contribution in [0.3, 0.4) is 0 Å². The minimum Gasteiger partial charge on any atom is -0.324 e. The lowest BCUT2D eigenvalue weighted by atomic mass is 10.0. The summed E-state index contributed by atoms with van der Waals surface area (Å²) in [4.78, 5) is 26.1. The molecule has 236 valence electrons. The number of para-hydroxylation sites is 1. The van der Waals surface area contributed by atoms with Crippen molar-refractivity contribution >= 4 is 23.2 Å². The Morgan fingerprint density at radius 3 is 2.37 bits per heavy atom. The van der Waals surface area contributed by atoms with Crippen molar-refractivity contribution < 1.29 is 18.0 Å². The molecule has 0 atom stereocenters. The molecule has 1 aliphatic heterocycles. The van der Waals surface area contributed by atoms with Gasteiger partial charge in [0.2, 0.25) is 5.95 Å². The van der Waals surface area contributed by atoms with E-state index in [1.807, 2.05) is 49.2 Å². The number of halogens is 3. The van der Waals surface area contributed by atoms with Crippen LogP contribution in [0.15, 0.2) is 85.3 Å². The summed E-state index contributed by atoms with van der Waals surface area (Å²) in [5, 5.41) is 14.2. The van der Waals surface area contributed by atoms with Gasteiger partial charge in [0.15, 0.2) is 0 Å². The monoisotopic (exact) mass is 627 g/mol. The Balaban J connectivity index is 1.17. The van der Waals surface area contributed by atoms with Crippen molar-refractivity contribution in [2.75, 3.05) is 43.9 Å². The zero-order valence-electron chi connectivity index (χ0n) is 25.3. The van der Waals surface area contributed by atoms with Crippen LogP contribution in [0.2, 0.25) is 0 Å². The van der Waals surface area contributed by atoms with Crippen LogP contribution in [0, 0.1) is 6.92 Å². The van der Waals surface area contributed by atoms with Gasteiger partial charge in [0, 0.05) is 67.6 Å². The van der Waals surface area contributed by atoms with Gasteiger partial charge in [-0.2, -0.15) is 13.2 Å². The fraction of sp³-hybridized carbons (Fsp3) is 0.242. The summed E-state index contributed by atoms with van der Waals surface area (Å²) in [5.74, 6) is -0.111. The minimum absolute atomic E-state index is 0.0646. The fourth-order valence-electron chi connectivity index (χ4n) is 5.19. The Kier molecular flexibility index (Phi) is 8.77. The quantitative estimate of drug-likeness (QED) is 0.223. The molecule has 6 rings (SSSR count). The molecule has 0 saturated carbocycles. The zero-order chi connectivity index (χ0) is 32.3. The highest BCUT2D eigenvalue weighted by Gasteiger charge is 2.34. The third kappa shape index (κ3) is 7.22. The van der Waals surface area contributed by atoms with E-state index in [4.69, 9.17) is 0 Å². The van der Waals surface area contributed by atoms with E-state index in [-0.39, 0.29) is 23.4 Å². The smallest absolute Gasteiger partial charge is 0.324 e. The number of benzene rings is 3. The Labute approximate surface area is 263 Å². The molecular weight excluding hydrogens is 595 g/mol. The van der Waals surface area contributed by atoms with Crippen LogP contribution in [-0.4, -0.2) is 73.9 Å². The van der Waals surface area contributed by atoms with Crippen molar-refractivity contribution in [1.29, 1.82) is 0 Å². The summed E-state index contributed by atoms with van der Waals surface area (Å²) < 4.78 is 43.7. The van der Waals surface area contributed by atoms with Crippen molar-refractivity contribution in [2.45, 2.75) is 19.6 Å². The van der Waals surface area contributed by atoms with Gasteiger partial charge in [0.25, 0.3) is 5.91 Å². The van der Waals surface area contributed by atoms with Gasteiger partial charge in [-0.1, -0.05) is 35.5 Å². The molecule has 1 amide bonds. The number of piperazine rings is 1. The first-order chi connectivity index (χ1) is 22.1. The van der Waals surface area contributed by atoms with Crippen molar-refractivity contribution in [3.8, 4) is 16.9 Å². The first kappa shape index (κ1) is 30.9. The Morgan fingerprint density at radius 2 is 1.65 bits per heavy atom. The molecule has 3 aromatic carbocycles. The third-order valence-electron chi connectivity index (χ3n) is 7.85. The van der Waals surface area contributed by atoms with Gasteiger partial charge in [-0.25, -0.2) is 14.6 Å². The van der Waals surface area contributed by atoms with Gasteiger partial charge in [-0.15, -0.1) is 5.10 Å². The van der Waals surface area contributed by atoms with Crippen LogP contribution < -0.4 is 10.6 Å². The van der Waals surface area contributed by atoms with E-state index < -0.39 is 17.6 Å². The molecule has 2 aromatic heterocycles. The van der Waals surface area contributed by atoms with Gasteiger partial charge < -0.3 is 15.5 Å². The second-order valence-electron chi connectivity index (χ2n) is 11.2. The van der Waals surface area contributed by atoms with Crippen LogP contribution >= 0.6 is 0 Å². The minimum atomic E-state index is -4.56. The van der Waals surface area contributed by atoms with Gasteiger partial charge in [-0.3, -0.25) is 9.69 Å². The molecule has 1 saturated heterocycles. The molecule has 2 N–H and O–H groups in total. The number of likely N-dealkylation sites (N-methyl/N-ethyl adjacent to an activating group) is 1. The molecule has 0 radical (unpaired) electrons. The number of nitrogens with one attached hydrogen (secondary N) is 2. The molecular formula is C33H32F3N9O. The Hall–Kier alpha value is -5.14. The highest BCUT2D eigenvalue weighted by molar-refractivity contribution is 6.04. The first-order valence-corrected chi connectivity index (χ1v) is 14.7. The molecule has 1 fully saturated rings. The van der Waals surface area contributed by atoms with Crippen molar-refractivity contribution in [3.05, 3.63) is 108 Å². The van der Waals surface area contributed by atoms with Crippen LogP contribution in [0.25, 0.3) is 16.9 Å². The molecule has 0 spiro atoms. The zero-order valence-corrected chi connectivity index (χ0v) is 25.3. The number of nitrogens with zero attached hydrogens (tertiary/aromatic N) is 7. The Morgan fingerprint density at radius 1 is 0.913 bits per heavy atom. The van der Waals surface area contributed by atoms with Crippen molar-refractivity contribution in [2.24, 2.45) is 0 Å². The maximum atomic E-state index is 14.1. The molecule has 46 heavy (non-hydrogen) atoms. The van der Waals surface area contributed by atoms with Crippen LogP contribution in [-0.2, 0) is 12.7 Å². The molecule has 5 aromatic rings. The molecule has 0 bridgehead atoms. The number of aryl methyl sites for hydroxylation is 1. The predicted molar refractivity (Wildman–Crippen MR) is 169 cm³/mol. The van der Waals surface area contributed by atoms with Gasteiger partial charge >= 0.3 is 6.18 Å². The van der Waals surface area contributed by atoms with Crippen molar-refractivity contribution in [1.82, 2.24) is 34.8 Å². The second-order valence-corrected chi connectivity index (χ2v) is 11.2. The fourth-order valence-corrected chi connectivity index (χ4v) is 5.19. The highest BCUT2D eigenvalue weighted by atomic mass is 19.4. The number of hydrogen-bond acceptors (Lipinski definition) is 8. The summed E-state index contributed by atoms with van der Waals surface area (Å²) in [6, 6.07) is 18.5. The summed E-state index contributed by atoms with van der Waals surface area (Å²) >= 11 is 0. The number of alkyl halides is 3. The summed E-state index contributed by atoms with van der Waals surface area (Å²) in [6.45, 7) is 5.05. The summed E-state index contributed by atoms with van der Waals surface area (Å²) in [5.41, 5.74) is 3.19. The van der Waals surface area contributed by atoms with Gasteiger partial charge in [0.1, 0.15) is 5.69 Å². The first-order valence-electron chi connectivity index (χ1n) is 14.7. The van der Waals surface area contributed by atoms with E-state index >= 15 is 0 Å². The average Bonchev–Trinajstić information content (AvgIpc) is 3.53. The number of carbonyl (C=O) groups is 1. The van der Waals surface area contributed by atoms with E-state index in [1.54, 1.807) is 36.8 Å². The van der Waals surface area contributed by atoms with Crippen LogP contribution in [0.4, 0.5) is 30.5 Å².